The van der Waals surface area contributed by atoms with E-state index in [4.69, 9.17) is 9.84 Å². The molecule has 1 aromatic carbocycles. The van der Waals surface area contributed by atoms with Gasteiger partial charge in [0.1, 0.15) is 11.9 Å². The Morgan fingerprint density at radius 2 is 2.26 bits per heavy atom. The molecule has 0 saturated heterocycles. The molecule has 0 fully saturated rings. The summed E-state index contributed by atoms with van der Waals surface area (Å²) < 4.78 is 28.8. The first kappa shape index (κ1) is 14.3. The van der Waals surface area contributed by atoms with E-state index in [1.165, 1.54) is 6.26 Å². The molecular formula is C13H19NO4S. The molecule has 5 nitrogen and oxygen atoms in total. The first-order valence-electron chi connectivity index (χ1n) is 6.32. The SMILES string of the molecule is CS(=O)(=O)c1ccc2c(c1)OC(CNCCO)CC2. The van der Waals surface area contributed by atoms with Gasteiger partial charge in [-0.3, -0.25) is 0 Å². The molecule has 106 valence electrons. The average Bonchev–Trinajstić information content (AvgIpc) is 2.37. The van der Waals surface area contributed by atoms with Gasteiger partial charge >= 0.3 is 0 Å². The van der Waals surface area contributed by atoms with Gasteiger partial charge in [-0.15, -0.1) is 0 Å². The van der Waals surface area contributed by atoms with E-state index in [0.29, 0.717) is 18.8 Å². The Kier molecular flexibility index (Phi) is 4.44. The summed E-state index contributed by atoms with van der Waals surface area (Å²) in [5.74, 6) is 0.657. The zero-order valence-corrected chi connectivity index (χ0v) is 11.7. The van der Waals surface area contributed by atoms with Gasteiger partial charge in [0.25, 0.3) is 0 Å². The van der Waals surface area contributed by atoms with Crippen LogP contribution in [0.1, 0.15) is 12.0 Å². The van der Waals surface area contributed by atoms with E-state index in [0.717, 1.165) is 18.4 Å². The second-order valence-electron chi connectivity index (χ2n) is 4.75. The van der Waals surface area contributed by atoms with Crippen LogP contribution >= 0.6 is 0 Å². The standard InChI is InChI=1S/C13H19NO4S/c1-19(16,17)12-5-3-10-2-4-11(9-14-6-7-15)18-13(10)8-12/h3,5,8,11,14-15H,2,4,6-7,9H2,1H3. The molecule has 1 aliphatic rings. The maximum Gasteiger partial charge on any atom is 0.175 e. The lowest BCUT2D eigenvalue weighted by Crippen LogP contribution is -2.35. The van der Waals surface area contributed by atoms with Gasteiger partial charge in [-0.2, -0.15) is 0 Å². The number of nitrogens with one attached hydrogen (secondary N) is 1. The molecule has 0 spiro atoms. The van der Waals surface area contributed by atoms with Crippen LogP contribution in [0.2, 0.25) is 0 Å². The van der Waals surface area contributed by atoms with Crippen LogP contribution in [0, 0.1) is 0 Å². The summed E-state index contributed by atoms with van der Waals surface area (Å²) in [6.45, 7) is 1.29. The molecule has 0 bridgehead atoms. The molecule has 6 heteroatoms. The molecule has 1 unspecified atom stereocenters. The van der Waals surface area contributed by atoms with Crippen molar-refractivity contribution in [3.05, 3.63) is 23.8 Å². The fourth-order valence-corrected chi connectivity index (χ4v) is 2.76. The number of fused-ring (bicyclic) bond motifs is 1. The average molecular weight is 285 g/mol. The van der Waals surface area contributed by atoms with Crippen LogP contribution < -0.4 is 10.1 Å². The summed E-state index contributed by atoms with van der Waals surface area (Å²) in [5, 5.41) is 11.8. The van der Waals surface area contributed by atoms with Crippen molar-refractivity contribution in [3.63, 3.8) is 0 Å². The van der Waals surface area contributed by atoms with Crippen LogP contribution in [-0.2, 0) is 16.3 Å². The number of sulfone groups is 1. The molecule has 1 aliphatic heterocycles. The minimum absolute atomic E-state index is 0.0221. The van der Waals surface area contributed by atoms with Crippen molar-refractivity contribution in [1.29, 1.82) is 0 Å². The van der Waals surface area contributed by atoms with Crippen LogP contribution in [0.5, 0.6) is 5.75 Å². The molecule has 0 aromatic heterocycles. The van der Waals surface area contributed by atoms with E-state index >= 15 is 0 Å². The number of hydrogen-bond acceptors (Lipinski definition) is 5. The minimum atomic E-state index is -3.20. The number of hydrogen-bond donors (Lipinski definition) is 2. The highest BCUT2D eigenvalue weighted by molar-refractivity contribution is 7.90. The van der Waals surface area contributed by atoms with E-state index in [9.17, 15) is 8.42 Å². The Labute approximate surface area is 113 Å². The summed E-state index contributed by atoms with van der Waals surface area (Å²) in [5.41, 5.74) is 1.05. The number of rotatable bonds is 5. The van der Waals surface area contributed by atoms with Gasteiger partial charge < -0.3 is 15.2 Å². The Bertz CT molecular complexity index is 542. The lowest BCUT2D eigenvalue weighted by molar-refractivity contribution is 0.167. The van der Waals surface area contributed by atoms with Crippen molar-refractivity contribution >= 4 is 9.84 Å². The van der Waals surface area contributed by atoms with Crippen molar-refractivity contribution in [2.75, 3.05) is 26.0 Å². The Balaban J connectivity index is 2.10. The fraction of sp³-hybridized carbons (Fsp3) is 0.538. The third kappa shape index (κ3) is 3.68. The number of aliphatic hydroxyl groups is 1. The zero-order chi connectivity index (χ0) is 13.9. The summed E-state index contributed by atoms with van der Waals surface area (Å²) in [6.07, 6.45) is 2.99. The highest BCUT2D eigenvalue weighted by Crippen LogP contribution is 2.29. The predicted molar refractivity (Wildman–Crippen MR) is 72.2 cm³/mol. The zero-order valence-electron chi connectivity index (χ0n) is 10.9. The molecular weight excluding hydrogens is 266 g/mol. The van der Waals surface area contributed by atoms with Crippen LogP contribution in [-0.4, -0.2) is 45.6 Å². The molecule has 1 heterocycles. The molecule has 2 N–H and O–H groups in total. The second-order valence-corrected chi connectivity index (χ2v) is 6.76. The summed E-state index contributed by atoms with van der Waals surface area (Å²) in [4.78, 5) is 0.287. The van der Waals surface area contributed by atoms with Gasteiger partial charge in [0.05, 0.1) is 11.5 Å². The quantitative estimate of drug-likeness (QED) is 0.764. The number of ether oxygens (including phenoxy) is 1. The van der Waals surface area contributed by atoms with E-state index in [-0.39, 0.29) is 17.6 Å². The van der Waals surface area contributed by atoms with Crippen molar-refractivity contribution < 1.29 is 18.3 Å². The highest BCUT2D eigenvalue weighted by Gasteiger charge is 2.21. The van der Waals surface area contributed by atoms with Crippen molar-refractivity contribution in [3.8, 4) is 5.75 Å². The second kappa shape index (κ2) is 5.90. The molecule has 0 radical (unpaired) electrons. The number of aryl methyl sites for hydroxylation is 1. The van der Waals surface area contributed by atoms with Gasteiger partial charge in [0.2, 0.25) is 0 Å². The number of aliphatic hydroxyl groups excluding tert-OH is 1. The third-order valence-corrected chi connectivity index (χ3v) is 4.27. The molecule has 0 amide bonds. The summed E-state index contributed by atoms with van der Waals surface area (Å²) in [6, 6.07) is 5.05. The highest BCUT2D eigenvalue weighted by atomic mass is 32.2. The largest absolute Gasteiger partial charge is 0.489 e. The predicted octanol–water partition coefficient (Wildman–Crippen LogP) is 0.366. The fourth-order valence-electron chi connectivity index (χ4n) is 2.12. The van der Waals surface area contributed by atoms with E-state index in [2.05, 4.69) is 5.32 Å². The Hall–Kier alpha value is -1.11. The van der Waals surface area contributed by atoms with Crippen LogP contribution in [0.3, 0.4) is 0 Å². The first-order valence-corrected chi connectivity index (χ1v) is 8.21. The first-order chi connectivity index (χ1) is 9.00. The third-order valence-electron chi connectivity index (χ3n) is 3.16. The van der Waals surface area contributed by atoms with Gasteiger partial charge in [-0.25, -0.2) is 8.42 Å². The minimum Gasteiger partial charge on any atom is -0.489 e. The van der Waals surface area contributed by atoms with Crippen LogP contribution in [0.25, 0.3) is 0 Å². The summed E-state index contributed by atoms with van der Waals surface area (Å²) in [7, 11) is -3.20. The maximum atomic E-state index is 11.5. The van der Waals surface area contributed by atoms with E-state index in [1.54, 1.807) is 12.1 Å². The smallest absolute Gasteiger partial charge is 0.175 e. The van der Waals surface area contributed by atoms with Gasteiger partial charge in [0.15, 0.2) is 9.84 Å². The Morgan fingerprint density at radius 1 is 1.47 bits per heavy atom. The molecule has 0 saturated carbocycles. The van der Waals surface area contributed by atoms with Gasteiger partial charge in [-0.05, 0) is 30.5 Å². The van der Waals surface area contributed by atoms with E-state index < -0.39 is 9.84 Å². The lowest BCUT2D eigenvalue weighted by atomic mass is 10.0. The van der Waals surface area contributed by atoms with Gasteiger partial charge in [0, 0.05) is 19.3 Å². The maximum absolute atomic E-state index is 11.5. The van der Waals surface area contributed by atoms with Crippen molar-refractivity contribution in [1.82, 2.24) is 5.32 Å². The van der Waals surface area contributed by atoms with E-state index in [1.807, 2.05) is 6.07 Å². The number of benzene rings is 1. The molecule has 19 heavy (non-hydrogen) atoms. The van der Waals surface area contributed by atoms with Crippen LogP contribution in [0.4, 0.5) is 0 Å². The summed E-state index contributed by atoms with van der Waals surface area (Å²) >= 11 is 0. The molecule has 1 aromatic rings. The Morgan fingerprint density at radius 3 is 2.95 bits per heavy atom. The monoisotopic (exact) mass is 285 g/mol. The van der Waals surface area contributed by atoms with Crippen molar-refractivity contribution in [2.24, 2.45) is 0 Å². The molecule has 0 aliphatic carbocycles. The normalized spacial score (nSPS) is 18.7. The van der Waals surface area contributed by atoms with Gasteiger partial charge in [-0.1, -0.05) is 6.07 Å². The van der Waals surface area contributed by atoms with Crippen molar-refractivity contribution in [2.45, 2.75) is 23.8 Å². The molecule has 2 rings (SSSR count). The molecule has 1 atom stereocenters. The van der Waals surface area contributed by atoms with Crippen LogP contribution in [0.15, 0.2) is 23.1 Å². The topological polar surface area (TPSA) is 75.6 Å². The lowest BCUT2D eigenvalue weighted by Gasteiger charge is -2.26.